The Hall–Kier alpha value is -1.38. The van der Waals surface area contributed by atoms with Crippen LogP contribution in [0.15, 0.2) is 24.8 Å². The molecule has 1 aliphatic carbocycles. The van der Waals surface area contributed by atoms with Crippen LogP contribution in [-0.4, -0.2) is 23.3 Å². The maximum absolute atomic E-state index is 12.5. The molecule has 2 rings (SSSR count). The van der Waals surface area contributed by atoms with Crippen molar-refractivity contribution in [2.75, 3.05) is 6.54 Å². The molecule has 3 nitrogen and oxygen atoms in total. The number of likely N-dealkylation sites (tertiary alicyclic amines) is 1. The minimum absolute atomic E-state index is 0.0103. The van der Waals surface area contributed by atoms with E-state index in [4.69, 9.17) is 0 Å². The summed E-state index contributed by atoms with van der Waals surface area (Å²) in [6, 6.07) is 0. The molecule has 19 heavy (non-hydrogen) atoms. The molecule has 0 saturated carbocycles. The molecule has 0 bridgehead atoms. The van der Waals surface area contributed by atoms with Crippen molar-refractivity contribution in [3.8, 4) is 0 Å². The summed E-state index contributed by atoms with van der Waals surface area (Å²) >= 11 is 0. The molecule has 104 valence electrons. The van der Waals surface area contributed by atoms with Gasteiger partial charge >= 0.3 is 0 Å². The van der Waals surface area contributed by atoms with Gasteiger partial charge in [-0.15, -0.1) is 6.58 Å². The summed E-state index contributed by atoms with van der Waals surface area (Å²) in [5.74, 6) is -0.0523. The highest BCUT2D eigenvalue weighted by molar-refractivity contribution is 6.06. The third kappa shape index (κ3) is 2.65. The lowest BCUT2D eigenvalue weighted by Gasteiger charge is -2.25. The zero-order valence-electron chi connectivity index (χ0n) is 11.7. The van der Waals surface area contributed by atoms with E-state index in [9.17, 15) is 9.59 Å². The first-order valence-corrected chi connectivity index (χ1v) is 7.33. The van der Waals surface area contributed by atoms with Crippen LogP contribution in [0.4, 0.5) is 0 Å². The molecule has 1 aliphatic heterocycles. The Labute approximate surface area is 115 Å². The molecule has 0 radical (unpaired) electrons. The molecule has 2 aliphatic rings. The number of hydrogen-bond donors (Lipinski definition) is 0. The maximum atomic E-state index is 12.5. The van der Waals surface area contributed by atoms with Gasteiger partial charge in [0.05, 0.1) is 11.8 Å². The van der Waals surface area contributed by atoms with Gasteiger partial charge in [-0.1, -0.05) is 38.0 Å². The largest absolute Gasteiger partial charge is 0.282 e. The van der Waals surface area contributed by atoms with Crippen molar-refractivity contribution in [1.29, 1.82) is 0 Å². The lowest BCUT2D eigenvalue weighted by molar-refractivity contribution is -0.140. The summed E-state index contributed by atoms with van der Waals surface area (Å²) in [7, 11) is 0. The predicted molar refractivity (Wildman–Crippen MR) is 75.3 cm³/mol. The van der Waals surface area contributed by atoms with Gasteiger partial charge in [0, 0.05) is 6.54 Å². The summed E-state index contributed by atoms with van der Waals surface area (Å²) in [6.45, 7) is 6.47. The molecule has 1 fully saturated rings. The first-order valence-electron chi connectivity index (χ1n) is 7.33. The van der Waals surface area contributed by atoms with Gasteiger partial charge in [0.1, 0.15) is 0 Å². The van der Waals surface area contributed by atoms with Crippen LogP contribution < -0.4 is 0 Å². The van der Waals surface area contributed by atoms with Gasteiger partial charge in [-0.3, -0.25) is 14.5 Å². The van der Waals surface area contributed by atoms with Gasteiger partial charge in [-0.05, 0) is 25.2 Å². The molecular weight excluding hydrogens is 238 g/mol. The Morgan fingerprint density at radius 1 is 1.37 bits per heavy atom. The smallest absolute Gasteiger partial charge is 0.236 e. The number of unbranched alkanes of at least 4 members (excludes halogenated alkanes) is 2. The van der Waals surface area contributed by atoms with Crippen LogP contribution in [0.2, 0.25) is 0 Å². The highest BCUT2D eigenvalue weighted by Crippen LogP contribution is 2.40. The van der Waals surface area contributed by atoms with Crippen molar-refractivity contribution in [3.05, 3.63) is 24.8 Å². The quantitative estimate of drug-likeness (QED) is 0.419. The van der Waals surface area contributed by atoms with Crippen LogP contribution in [-0.2, 0) is 9.59 Å². The Kier molecular flexibility index (Phi) is 4.56. The van der Waals surface area contributed by atoms with Gasteiger partial charge in [-0.25, -0.2) is 0 Å². The summed E-state index contributed by atoms with van der Waals surface area (Å²) in [5.41, 5.74) is 0. The monoisotopic (exact) mass is 261 g/mol. The number of hydrogen-bond acceptors (Lipinski definition) is 2. The fraction of sp³-hybridized carbons (Fsp3) is 0.625. The molecule has 3 unspecified atom stereocenters. The van der Waals surface area contributed by atoms with E-state index < -0.39 is 0 Å². The lowest BCUT2D eigenvalue weighted by Crippen LogP contribution is -2.33. The number of allylic oxidation sites excluding steroid dienone is 2. The first kappa shape index (κ1) is 14.0. The average molecular weight is 261 g/mol. The van der Waals surface area contributed by atoms with Crippen molar-refractivity contribution in [3.63, 3.8) is 0 Å². The summed E-state index contributed by atoms with van der Waals surface area (Å²) in [4.78, 5) is 26.3. The minimum atomic E-state index is -0.215. The van der Waals surface area contributed by atoms with Crippen LogP contribution in [0, 0.1) is 17.8 Å². The van der Waals surface area contributed by atoms with Gasteiger partial charge in [0.25, 0.3) is 0 Å². The molecule has 3 atom stereocenters. The topological polar surface area (TPSA) is 37.4 Å². The Bertz CT molecular complexity index is 400. The van der Waals surface area contributed by atoms with Crippen LogP contribution in [0.5, 0.6) is 0 Å². The Balaban J connectivity index is 2.11. The number of imide groups is 1. The number of nitrogens with zero attached hydrogens (tertiary/aromatic N) is 1. The van der Waals surface area contributed by atoms with E-state index in [-0.39, 0.29) is 29.6 Å². The van der Waals surface area contributed by atoms with E-state index in [2.05, 4.69) is 19.6 Å². The zero-order valence-corrected chi connectivity index (χ0v) is 11.7. The van der Waals surface area contributed by atoms with Crippen LogP contribution in [0.1, 0.15) is 39.0 Å². The fourth-order valence-electron chi connectivity index (χ4n) is 3.22. The van der Waals surface area contributed by atoms with E-state index in [0.29, 0.717) is 6.54 Å². The molecule has 0 aromatic heterocycles. The molecule has 1 heterocycles. The van der Waals surface area contributed by atoms with Gasteiger partial charge in [0.15, 0.2) is 0 Å². The third-order valence-electron chi connectivity index (χ3n) is 4.23. The van der Waals surface area contributed by atoms with E-state index in [1.54, 1.807) is 0 Å². The number of carbonyl (C=O) groups is 2. The van der Waals surface area contributed by atoms with Gasteiger partial charge in [0.2, 0.25) is 11.8 Å². The standard InChI is InChI=1S/C16H23NO2/c1-3-5-6-11-17-15(18)13-10-7-9-12(8-4-2)14(13)16(17)19/h4,7,10,12-14H,2-3,5-6,8-9,11H2,1H3. The second kappa shape index (κ2) is 6.18. The highest BCUT2D eigenvalue weighted by Gasteiger charge is 2.49. The highest BCUT2D eigenvalue weighted by atomic mass is 16.2. The summed E-state index contributed by atoms with van der Waals surface area (Å²) < 4.78 is 0. The summed E-state index contributed by atoms with van der Waals surface area (Å²) in [6.07, 6.45) is 10.6. The van der Waals surface area contributed by atoms with Gasteiger partial charge in [-0.2, -0.15) is 0 Å². The number of rotatable bonds is 6. The average Bonchev–Trinajstić information content (AvgIpc) is 2.65. The van der Waals surface area contributed by atoms with Crippen LogP contribution in [0.25, 0.3) is 0 Å². The van der Waals surface area contributed by atoms with Crippen molar-refractivity contribution in [2.45, 2.75) is 39.0 Å². The van der Waals surface area contributed by atoms with E-state index in [1.165, 1.54) is 4.90 Å². The SMILES string of the molecule is C=CCC1CC=CC2C(=O)N(CCCCC)C(=O)C12. The molecule has 0 aromatic carbocycles. The molecule has 0 spiro atoms. The second-order valence-corrected chi connectivity index (χ2v) is 5.54. The second-order valence-electron chi connectivity index (χ2n) is 5.54. The van der Waals surface area contributed by atoms with Crippen LogP contribution in [0.3, 0.4) is 0 Å². The lowest BCUT2D eigenvalue weighted by atomic mass is 9.76. The van der Waals surface area contributed by atoms with Crippen molar-refractivity contribution < 1.29 is 9.59 Å². The molecule has 3 heteroatoms. The summed E-state index contributed by atoms with van der Waals surface area (Å²) in [5, 5.41) is 0. The van der Waals surface area contributed by atoms with Gasteiger partial charge < -0.3 is 0 Å². The first-order chi connectivity index (χ1) is 9.20. The predicted octanol–water partition coefficient (Wildman–Crippen LogP) is 2.93. The molecular formula is C16H23NO2. The number of carbonyl (C=O) groups excluding carboxylic acids is 2. The zero-order chi connectivity index (χ0) is 13.8. The Morgan fingerprint density at radius 3 is 2.84 bits per heavy atom. The van der Waals surface area contributed by atoms with E-state index in [0.717, 1.165) is 32.1 Å². The van der Waals surface area contributed by atoms with E-state index in [1.807, 2.05) is 12.2 Å². The third-order valence-corrected chi connectivity index (χ3v) is 4.23. The van der Waals surface area contributed by atoms with Crippen LogP contribution >= 0.6 is 0 Å². The molecule has 1 saturated heterocycles. The van der Waals surface area contributed by atoms with Crippen molar-refractivity contribution >= 4 is 11.8 Å². The molecule has 0 N–H and O–H groups in total. The number of amides is 2. The minimum Gasteiger partial charge on any atom is -0.282 e. The Morgan fingerprint density at radius 2 is 2.16 bits per heavy atom. The maximum Gasteiger partial charge on any atom is 0.236 e. The van der Waals surface area contributed by atoms with Crippen molar-refractivity contribution in [1.82, 2.24) is 4.90 Å². The normalized spacial score (nSPS) is 29.7. The van der Waals surface area contributed by atoms with E-state index >= 15 is 0 Å². The number of fused-ring (bicyclic) bond motifs is 1. The fourth-order valence-corrected chi connectivity index (χ4v) is 3.22. The molecule has 2 amide bonds. The molecule has 0 aromatic rings. The van der Waals surface area contributed by atoms with Crippen molar-refractivity contribution in [2.24, 2.45) is 17.8 Å².